The normalized spacial score (nSPS) is 12.9. The van der Waals surface area contributed by atoms with E-state index >= 15 is 0 Å². The molecule has 0 aromatic carbocycles. The summed E-state index contributed by atoms with van der Waals surface area (Å²) in [6, 6.07) is -0.607. The number of carbonyl (C=O) groups is 3. The molecule has 0 rings (SSSR count). The Labute approximate surface area is 308 Å². The number of hydrogen-bond acceptors (Lipinski definition) is 6. The average Bonchev–Trinajstić information content (AvgIpc) is 3.06. The maximum Gasteiger partial charge on any atom is 0.362 e. The van der Waals surface area contributed by atoms with Gasteiger partial charge in [-0.25, -0.2) is 4.79 Å². The summed E-state index contributed by atoms with van der Waals surface area (Å²) in [5.74, 6) is -1.45. The molecule has 50 heavy (non-hydrogen) atoms. The van der Waals surface area contributed by atoms with E-state index < -0.39 is 18.1 Å². The van der Waals surface area contributed by atoms with E-state index in [1.54, 1.807) is 0 Å². The van der Waals surface area contributed by atoms with Crippen LogP contribution in [0.3, 0.4) is 0 Å². The predicted octanol–water partition coefficient (Wildman–Crippen LogP) is 11.0. The van der Waals surface area contributed by atoms with Crippen LogP contribution < -0.4 is 0 Å². The molecule has 8 nitrogen and oxygen atoms in total. The number of quaternary nitrogens is 1. The molecule has 0 saturated carbocycles. The summed E-state index contributed by atoms with van der Waals surface area (Å²) in [4.78, 5) is 36.8. The van der Waals surface area contributed by atoms with Crippen molar-refractivity contribution in [2.45, 2.75) is 212 Å². The highest BCUT2D eigenvalue weighted by molar-refractivity contribution is 5.72. The first-order valence-electron chi connectivity index (χ1n) is 21.1. The van der Waals surface area contributed by atoms with Gasteiger partial charge in [0.25, 0.3) is 0 Å². The molecule has 0 aliphatic heterocycles. The van der Waals surface area contributed by atoms with Gasteiger partial charge in [-0.3, -0.25) is 9.59 Å². The Hall–Kier alpha value is -1.67. The molecular formula is C42H82NO7+. The smallest absolute Gasteiger partial charge is 0.362 e. The monoisotopic (exact) mass is 713 g/mol. The van der Waals surface area contributed by atoms with E-state index in [0.29, 0.717) is 19.3 Å². The van der Waals surface area contributed by atoms with Gasteiger partial charge in [0.05, 0.1) is 34.4 Å². The van der Waals surface area contributed by atoms with Crippen LogP contribution in [0.2, 0.25) is 0 Å². The molecule has 0 heterocycles. The Morgan fingerprint density at radius 2 is 0.880 bits per heavy atom. The zero-order valence-electron chi connectivity index (χ0n) is 33.6. The average molecular weight is 713 g/mol. The molecule has 0 aliphatic rings. The number of likely N-dealkylation sites (N-methyl/N-ethyl adjacent to an activating group) is 1. The second-order valence-electron chi connectivity index (χ2n) is 15.6. The van der Waals surface area contributed by atoms with E-state index in [1.165, 1.54) is 128 Å². The van der Waals surface area contributed by atoms with Crippen molar-refractivity contribution in [1.82, 2.24) is 0 Å². The lowest BCUT2D eigenvalue weighted by molar-refractivity contribution is -0.887. The van der Waals surface area contributed by atoms with Gasteiger partial charge in [-0.2, -0.15) is 0 Å². The minimum absolute atomic E-state index is 0.0424. The number of hydrogen-bond donors (Lipinski definition) is 1. The number of carbonyl (C=O) groups excluding carboxylic acids is 2. The molecule has 0 bridgehead atoms. The van der Waals surface area contributed by atoms with E-state index in [0.717, 1.165) is 38.5 Å². The van der Waals surface area contributed by atoms with Crippen LogP contribution in [0.1, 0.15) is 200 Å². The molecular weight excluding hydrogens is 630 g/mol. The zero-order chi connectivity index (χ0) is 37.1. The van der Waals surface area contributed by atoms with Crippen molar-refractivity contribution < 1.29 is 38.2 Å². The fraction of sp³-hybridized carbons (Fsp3) is 0.929. The van der Waals surface area contributed by atoms with Crippen molar-refractivity contribution in [1.29, 1.82) is 0 Å². The van der Waals surface area contributed by atoms with Crippen molar-refractivity contribution in [2.24, 2.45) is 0 Å². The Bertz CT molecular complexity index is 797. The van der Waals surface area contributed by atoms with Crippen LogP contribution in [0.4, 0.5) is 0 Å². The van der Waals surface area contributed by atoms with Crippen molar-refractivity contribution >= 4 is 17.9 Å². The lowest BCUT2D eigenvalue weighted by Crippen LogP contribution is -2.50. The summed E-state index contributed by atoms with van der Waals surface area (Å²) in [6.07, 6.45) is 32.7. The quantitative estimate of drug-likeness (QED) is 0.0386. The number of ether oxygens (including phenoxy) is 3. The van der Waals surface area contributed by atoms with Crippen LogP contribution in [0.15, 0.2) is 0 Å². The molecule has 0 spiro atoms. The van der Waals surface area contributed by atoms with Gasteiger partial charge in [0.1, 0.15) is 6.61 Å². The highest BCUT2D eigenvalue weighted by Crippen LogP contribution is 2.15. The second-order valence-corrected chi connectivity index (χ2v) is 15.6. The number of nitrogens with zero attached hydrogens (tertiary/aromatic N) is 1. The standard InChI is InChI=1S/C42H81NO7/c1-6-8-10-12-14-16-18-20-21-23-25-27-29-31-33-41(45)50-38(36-48-35-34-39(42(46)47)43(3,4)5)37-49-40(44)32-30-28-26-24-22-19-17-15-13-11-9-7-2/h38-39H,6-37H2,1-5H3/p+1. The van der Waals surface area contributed by atoms with Crippen molar-refractivity contribution in [3.05, 3.63) is 0 Å². The first-order valence-corrected chi connectivity index (χ1v) is 21.1. The third-order valence-corrected chi connectivity index (χ3v) is 9.76. The van der Waals surface area contributed by atoms with Crippen molar-refractivity contribution in [3.63, 3.8) is 0 Å². The van der Waals surface area contributed by atoms with Crippen LogP contribution in [0, 0.1) is 0 Å². The minimum Gasteiger partial charge on any atom is -0.477 e. The number of aliphatic carboxylic acids is 1. The molecule has 2 unspecified atom stereocenters. The topological polar surface area (TPSA) is 99.1 Å². The summed E-state index contributed by atoms with van der Waals surface area (Å²) in [6.45, 7) is 4.75. The summed E-state index contributed by atoms with van der Waals surface area (Å²) in [5, 5.41) is 9.59. The Morgan fingerprint density at radius 3 is 1.24 bits per heavy atom. The Kier molecular flexibility index (Phi) is 33.3. The van der Waals surface area contributed by atoms with Crippen molar-refractivity contribution in [2.75, 3.05) is 41.0 Å². The molecule has 296 valence electrons. The van der Waals surface area contributed by atoms with Gasteiger partial charge >= 0.3 is 17.9 Å². The second kappa shape index (κ2) is 34.4. The van der Waals surface area contributed by atoms with E-state index in [-0.39, 0.29) is 36.2 Å². The summed E-state index contributed by atoms with van der Waals surface area (Å²) in [7, 11) is 5.53. The predicted molar refractivity (Wildman–Crippen MR) is 206 cm³/mol. The fourth-order valence-electron chi connectivity index (χ4n) is 6.45. The van der Waals surface area contributed by atoms with Gasteiger partial charge in [-0.05, 0) is 12.8 Å². The molecule has 1 N–H and O–H groups in total. The summed E-state index contributed by atoms with van der Waals surface area (Å²) >= 11 is 0. The summed E-state index contributed by atoms with van der Waals surface area (Å²) < 4.78 is 17.3. The SMILES string of the molecule is CCCCCCCCCCCCCCCCC(=O)OC(COCCC(C(=O)O)[N+](C)(C)C)COC(=O)CCCCCCCCCCCCCC. The summed E-state index contributed by atoms with van der Waals surface area (Å²) in [5.41, 5.74) is 0. The molecule has 0 aliphatic carbocycles. The fourth-order valence-corrected chi connectivity index (χ4v) is 6.45. The van der Waals surface area contributed by atoms with Gasteiger partial charge in [-0.1, -0.05) is 168 Å². The molecule has 0 amide bonds. The van der Waals surface area contributed by atoms with Gasteiger partial charge in [0, 0.05) is 19.3 Å². The maximum absolute atomic E-state index is 12.7. The van der Waals surface area contributed by atoms with Crippen LogP contribution in [0.5, 0.6) is 0 Å². The molecule has 0 radical (unpaired) electrons. The van der Waals surface area contributed by atoms with Gasteiger partial charge in [0.2, 0.25) is 0 Å². The molecule has 8 heteroatoms. The number of esters is 2. The maximum atomic E-state index is 12.7. The van der Waals surface area contributed by atoms with Crippen molar-refractivity contribution in [3.8, 4) is 0 Å². The largest absolute Gasteiger partial charge is 0.477 e. The third kappa shape index (κ3) is 32.3. The molecule has 0 saturated heterocycles. The lowest BCUT2D eigenvalue weighted by Gasteiger charge is -2.31. The van der Waals surface area contributed by atoms with E-state index in [9.17, 15) is 19.5 Å². The van der Waals surface area contributed by atoms with Crippen LogP contribution in [-0.2, 0) is 28.6 Å². The highest BCUT2D eigenvalue weighted by atomic mass is 16.6. The first-order chi connectivity index (χ1) is 24.1. The van der Waals surface area contributed by atoms with Crippen LogP contribution in [-0.4, -0.2) is 80.6 Å². The molecule has 0 aromatic heterocycles. The number of carboxylic acids is 1. The Balaban J connectivity index is 4.34. The highest BCUT2D eigenvalue weighted by Gasteiger charge is 2.31. The number of carboxylic acid groups (broad SMARTS) is 1. The van der Waals surface area contributed by atoms with E-state index in [4.69, 9.17) is 14.2 Å². The lowest BCUT2D eigenvalue weighted by atomic mass is 10.0. The van der Waals surface area contributed by atoms with E-state index in [2.05, 4.69) is 13.8 Å². The molecule has 2 atom stereocenters. The van der Waals surface area contributed by atoms with Crippen LogP contribution >= 0.6 is 0 Å². The number of unbranched alkanes of at least 4 members (excludes halogenated alkanes) is 24. The first kappa shape index (κ1) is 48.3. The molecule has 0 aromatic rings. The minimum atomic E-state index is -0.871. The Morgan fingerprint density at radius 1 is 0.520 bits per heavy atom. The zero-order valence-corrected chi connectivity index (χ0v) is 33.6. The van der Waals surface area contributed by atoms with Gasteiger partial charge in [-0.15, -0.1) is 0 Å². The third-order valence-electron chi connectivity index (χ3n) is 9.76. The molecule has 0 fully saturated rings. The van der Waals surface area contributed by atoms with E-state index in [1.807, 2.05) is 21.1 Å². The van der Waals surface area contributed by atoms with Crippen LogP contribution in [0.25, 0.3) is 0 Å². The van der Waals surface area contributed by atoms with Gasteiger partial charge in [0.15, 0.2) is 12.1 Å². The van der Waals surface area contributed by atoms with Gasteiger partial charge < -0.3 is 23.8 Å². The number of rotatable bonds is 38.